The number of carbonyl (C=O) groups excluding carboxylic acids is 4. The smallest absolute Gasteiger partial charge is 0.462 e. The van der Waals surface area contributed by atoms with Crippen LogP contribution in [0.4, 0.5) is 0 Å². The van der Waals surface area contributed by atoms with Gasteiger partial charge in [-0.05, 0) is 49.4 Å². The molecular weight excluding hydrogens is 1370 g/mol. The fourth-order valence-electron chi connectivity index (χ4n) is 13.3. The second kappa shape index (κ2) is 74.8. The van der Waals surface area contributed by atoms with Crippen molar-refractivity contribution in [3.63, 3.8) is 0 Å². The third-order valence-corrected chi connectivity index (χ3v) is 22.7. The van der Waals surface area contributed by atoms with Gasteiger partial charge in [-0.25, -0.2) is 9.13 Å². The molecular formula is C86H168O17P2. The Balaban J connectivity index is 5.22. The number of aliphatic hydroxyl groups excluding tert-OH is 1. The van der Waals surface area contributed by atoms with Crippen LogP contribution >= 0.6 is 15.6 Å². The van der Waals surface area contributed by atoms with E-state index in [4.69, 9.17) is 37.0 Å². The Bertz CT molecular complexity index is 2050. The minimum atomic E-state index is -4.97. The Morgan fingerprint density at radius 3 is 0.676 bits per heavy atom. The van der Waals surface area contributed by atoms with Gasteiger partial charge in [0.05, 0.1) is 26.4 Å². The number of esters is 4. The largest absolute Gasteiger partial charge is 0.472 e. The molecule has 0 amide bonds. The van der Waals surface area contributed by atoms with Gasteiger partial charge in [-0.2, -0.15) is 0 Å². The number of hydrogen-bond donors (Lipinski definition) is 3. The van der Waals surface area contributed by atoms with Gasteiger partial charge in [0.25, 0.3) is 0 Å². The number of hydrogen-bond acceptors (Lipinski definition) is 15. The van der Waals surface area contributed by atoms with Crippen molar-refractivity contribution in [3.05, 3.63) is 0 Å². The summed E-state index contributed by atoms with van der Waals surface area (Å²) in [5.41, 5.74) is 0. The van der Waals surface area contributed by atoms with Crippen molar-refractivity contribution >= 4 is 39.5 Å². The Morgan fingerprint density at radius 2 is 0.457 bits per heavy atom. The van der Waals surface area contributed by atoms with E-state index in [1.165, 1.54) is 244 Å². The van der Waals surface area contributed by atoms with Crippen LogP contribution in [-0.4, -0.2) is 96.7 Å². The molecule has 0 rings (SSSR count). The Labute approximate surface area is 645 Å². The van der Waals surface area contributed by atoms with Gasteiger partial charge >= 0.3 is 39.5 Å². The molecule has 19 heteroatoms. The lowest BCUT2D eigenvalue weighted by Gasteiger charge is -2.21. The maximum Gasteiger partial charge on any atom is 0.472 e. The molecule has 0 aliphatic carbocycles. The number of phosphoric ester groups is 2. The molecule has 3 N–H and O–H groups in total. The van der Waals surface area contributed by atoms with Gasteiger partial charge in [-0.15, -0.1) is 0 Å². The molecule has 0 aromatic heterocycles. The van der Waals surface area contributed by atoms with Crippen molar-refractivity contribution in [2.75, 3.05) is 39.6 Å². The van der Waals surface area contributed by atoms with E-state index in [9.17, 15) is 43.2 Å². The number of rotatable bonds is 83. The molecule has 624 valence electrons. The second-order valence-electron chi connectivity index (χ2n) is 32.4. The van der Waals surface area contributed by atoms with Crippen LogP contribution in [0.5, 0.6) is 0 Å². The molecule has 0 spiro atoms. The minimum Gasteiger partial charge on any atom is -0.462 e. The van der Waals surface area contributed by atoms with Crippen molar-refractivity contribution in [2.24, 2.45) is 23.7 Å². The molecule has 0 heterocycles. The van der Waals surface area contributed by atoms with Gasteiger partial charge in [0.15, 0.2) is 12.2 Å². The molecule has 0 radical (unpaired) electrons. The summed E-state index contributed by atoms with van der Waals surface area (Å²) in [6.07, 6.45) is 63.8. The summed E-state index contributed by atoms with van der Waals surface area (Å²) in [5, 5.41) is 10.7. The standard InChI is InChI=1S/C86H168O17P2/c1-9-78(7)64-56-48-40-34-28-22-17-18-24-31-37-43-53-61-68-85(90)102-81(72-96-83(88)66-58-50-41-35-29-25-19-21-27-33-39-47-55-63-77(5)6)74-100-104(92,93)98-70-80(87)71-99-105(94,95)101-75-82(73-97-84(89)67-59-51-45-44-49-57-65-79(8)10-2)103-86(91)69-60-52-42-36-30-23-16-14-12-11-13-15-20-26-32-38-46-54-62-76(3)4/h76-82,87H,9-75H2,1-8H3,(H,92,93)(H,94,95)/t78?,79?,80-,81-,82-/m1/s1. The maximum absolute atomic E-state index is 13.1. The number of aliphatic hydroxyl groups is 1. The monoisotopic (exact) mass is 1540 g/mol. The molecule has 0 aromatic carbocycles. The first-order valence-electron chi connectivity index (χ1n) is 44.3. The molecule has 17 nitrogen and oxygen atoms in total. The number of carbonyl (C=O) groups is 4. The SMILES string of the molecule is CCC(C)CCCCCCCCCCCCCCCCC(=O)O[C@H](COC(=O)CCCCCCCCCCCCCCCC(C)C)COP(=O)(O)OC[C@@H](O)COP(=O)(O)OC[C@@H](COC(=O)CCCCCCCCC(C)CC)OC(=O)CCCCCCCCCCCCCCCCCCCCC(C)C. The Hall–Kier alpha value is -1.94. The summed E-state index contributed by atoms with van der Waals surface area (Å²) in [7, 11) is -9.93. The second-order valence-corrected chi connectivity index (χ2v) is 35.3. The maximum atomic E-state index is 13.1. The zero-order chi connectivity index (χ0) is 77.4. The fraction of sp³-hybridized carbons (Fsp3) is 0.953. The molecule has 0 bridgehead atoms. The average molecular weight is 1540 g/mol. The minimum absolute atomic E-state index is 0.107. The van der Waals surface area contributed by atoms with Crippen LogP contribution in [0.2, 0.25) is 0 Å². The van der Waals surface area contributed by atoms with Crippen molar-refractivity contribution in [1.82, 2.24) is 0 Å². The van der Waals surface area contributed by atoms with Crippen LogP contribution in [-0.2, 0) is 65.4 Å². The van der Waals surface area contributed by atoms with Crippen molar-refractivity contribution < 1.29 is 80.2 Å². The molecule has 105 heavy (non-hydrogen) atoms. The summed E-state index contributed by atoms with van der Waals surface area (Å²) in [6.45, 7) is 14.4. The van der Waals surface area contributed by atoms with Gasteiger partial charge < -0.3 is 33.8 Å². The predicted octanol–water partition coefficient (Wildman–Crippen LogP) is 25.9. The van der Waals surface area contributed by atoms with Crippen LogP contribution in [0.1, 0.15) is 447 Å². The lowest BCUT2D eigenvalue weighted by molar-refractivity contribution is -0.161. The highest BCUT2D eigenvalue weighted by molar-refractivity contribution is 7.47. The molecule has 7 atom stereocenters. The number of unbranched alkanes of at least 4 members (excludes halogenated alkanes) is 47. The third kappa shape index (κ3) is 77.2. The van der Waals surface area contributed by atoms with E-state index >= 15 is 0 Å². The Morgan fingerprint density at radius 1 is 0.267 bits per heavy atom. The van der Waals surface area contributed by atoms with E-state index in [-0.39, 0.29) is 25.7 Å². The van der Waals surface area contributed by atoms with E-state index < -0.39 is 97.5 Å². The summed E-state index contributed by atoms with van der Waals surface area (Å²) in [5.74, 6) is 1.08. The zero-order valence-electron chi connectivity index (χ0n) is 69.4. The summed E-state index contributed by atoms with van der Waals surface area (Å²) >= 11 is 0. The first kappa shape index (κ1) is 103. The molecule has 0 aromatic rings. The number of phosphoric acid groups is 2. The first-order valence-corrected chi connectivity index (χ1v) is 47.3. The summed E-state index contributed by atoms with van der Waals surface area (Å²) < 4.78 is 68.9. The predicted molar refractivity (Wildman–Crippen MR) is 432 cm³/mol. The molecule has 4 unspecified atom stereocenters. The quantitative estimate of drug-likeness (QED) is 0.0222. The molecule has 0 saturated carbocycles. The summed E-state index contributed by atoms with van der Waals surface area (Å²) in [4.78, 5) is 73.2. The lowest BCUT2D eigenvalue weighted by Crippen LogP contribution is -2.30. The van der Waals surface area contributed by atoms with Gasteiger partial charge in [0, 0.05) is 25.7 Å². The Kier molecular flexibility index (Phi) is 73.4. The van der Waals surface area contributed by atoms with Crippen LogP contribution in [0.3, 0.4) is 0 Å². The number of ether oxygens (including phenoxy) is 4. The lowest BCUT2D eigenvalue weighted by atomic mass is 9.99. The normalized spacial score (nSPS) is 14.4. The molecule has 0 aliphatic heterocycles. The summed E-state index contributed by atoms with van der Waals surface area (Å²) in [6, 6.07) is 0. The topological polar surface area (TPSA) is 237 Å². The van der Waals surface area contributed by atoms with Gasteiger partial charge in [-0.3, -0.25) is 37.3 Å². The van der Waals surface area contributed by atoms with E-state index in [1.54, 1.807) is 0 Å². The van der Waals surface area contributed by atoms with Crippen LogP contribution in [0, 0.1) is 23.7 Å². The van der Waals surface area contributed by atoms with E-state index in [2.05, 4.69) is 55.4 Å². The highest BCUT2D eigenvalue weighted by Crippen LogP contribution is 2.45. The third-order valence-electron chi connectivity index (χ3n) is 20.8. The highest BCUT2D eigenvalue weighted by atomic mass is 31.2. The molecule has 0 aliphatic rings. The van der Waals surface area contributed by atoms with E-state index in [0.29, 0.717) is 25.7 Å². The molecule has 0 fully saturated rings. The van der Waals surface area contributed by atoms with Gasteiger partial charge in [-0.1, -0.05) is 396 Å². The molecule has 0 saturated heterocycles. The van der Waals surface area contributed by atoms with Crippen molar-refractivity contribution in [3.8, 4) is 0 Å². The van der Waals surface area contributed by atoms with Crippen LogP contribution < -0.4 is 0 Å². The van der Waals surface area contributed by atoms with Gasteiger partial charge in [0.1, 0.15) is 19.3 Å². The van der Waals surface area contributed by atoms with Crippen LogP contribution in [0.15, 0.2) is 0 Å². The first-order chi connectivity index (χ1) is 50.7. The fourth-order valence-corrected chi connectivity index (χ4v) is 14.8. The van der Waals surface area contributed by atoms with Gasteiger partial charge in [0.2, 0.25) is 0 Å². The van der Waals surface area contributed by atoms with E-state index in [1.807, 2.05) is 0 Å². The van der Waals surface area contributed by atoms with Crippen LogP contribution in [0.25, 0.3) is 0 Å². The van der Waals surface area contributed by atoms with E-state index in [0.717, 1.165) is 120 Å². The zero-order valence-corrected chi connectivity index (χ0v) is 71.2. The average Bonchev–Trinajstić information content (AvgIpc) is 0.909. The van der Waals surface area contributed by atoms with Crippen molar-refractivity contribution in [1.29, 1.82) is 0 Å². The highest BCUT2D eigenvalue weighted by Gasteiger charge is 2.31. The van der Waals surface area contributed by atoms with Crippen molar-refractivity contribution in [2.45, 2.75) is 465 Å².